The van der Waals surface area contributed by atoms with Crippen LogP contribution in [-0.4, -0.2) is 3.21 Å². The molecular formula is C35H44Cl2Zr. The van der Waals surface area contributed by atoms with E-state index in [2.05, 4.69) is 96.3 Å². The van der Waals surface area contributed by atoms with Crippen LogP contribution >= 0.6 is 0 Å². The summed E-state index contributed by atoms with van der Waals surface area (Å²) >= 11 is -2.30. The smallest absolute Gasteiger partial charge is 1.00 e. The fourth-order valence-electron chi connectivity index (χ4n) is 5.75. The molecule has 2 aromatic carbocycles. The molecule has 0 radical (unpaired) electrons. The summed E-state index contributed by atoms with van der Waals surface area (Å²) in [6.07, 6.45) is 19.3. The fourth-order valence-corrected chi connectivity index (χ4v) is 14.3. The fraction of sp³-hybridized carbons (Fsp3) is 0.400. The van der Waals surface area contributed by atoms with Crippen LogP contribution in [0, 0.1) is 5.41 Å². The van der Waals surface area contributed by atoms with Crippen molar-refractivity contribution in [3.63, 3.8) is 0 Å². The summed E-state index contributed by atoms with van der Waals surface area (Å²) in [5.74, 6) is 0. The summed E-state index contributed by atoms with van der Waals surface area (Å²) < 4.78 is 5.44. The number of hydrogen-bond donors (Lipinski definition) is 0. The van der Waals surface area contributed by atoms with Gasteiger partial charge in [-0.05, 0) is 0 Å². The Morgan fingerprint density at radius 2 is 1.53 bits per heavy atom. The summed E-state index contributed by atoms with van der Waals surface area (Å²) in [6.45, 7) is 20.0. The maximum Gasteiger partial charge on any atom is -1.00 e. The molecule has 0 N–H and O–H groups in total. The second-order valence-corrected chi connectivity index (χ2v) is 18.0. The van der Waals surface area contributed by atoms with Gasteiger partial charge in [-0.1, -0.05) is 0 Å². The molecule has 0 amide bonds. The van der Waals surface area contributed by atoms with Crippen LogP contribution in [0.2, 0.25) is 0 Å². The van der Waals surface area contributed by atoms with Crippen molar-refractivity contribution in [3.8, 4) is 11.1 Å². The minimum absolute atomic E-state index is 0. The molecule has 0 heterocycles. The Morgan fingerprint density at radius 3 is 2.08 bits per heavy atom. The van der Waals surface area contributed by atoms with Gasteiger partial charge in [0.25, 0.3) is 0 Å². The molecule has 0 bridgehead atoms. The number of rotatable bonds is 10. The van der Waals surface area contributed by atoms with E-state index in [9.17, 15) is 0 Å². The van der Waals surface area contributed by atoms with Gasteiger partial charge < -0.3 is 24.8 Å². The second kappa shape index (κ2) is 14.4. The van der Waals surface area contributed by atoms with Crippen molar-refractivity contribution in [2.75, 3.05) is 0 Å². The Bertz CT molecular complexity index is 1260. The molecule has 0 nitrogen and oxygen atoms in total. The van der Waals surface area contributed by atoms with Crippen LogP contribution < -0.4 is 28.1 Å². The summed E-state index contributed by atoms with van der Waals surface area (Å²) in [5.41, 5.74) is 10.2. The van der Waals surface area contributed by atoms with E-state index >= 15 is 0 Å². The Hall–Kier alpha value is -1.27. The van der Waals surface area contributed by atoms with Gasteiger partial charge in [0.15, 0.2) is 0 Å². The van der Waals surface area contributed by atoms with Crippen molar-refractivity contribution in [2.45, 2.75) is 86.0 Å². The number of hydrogen-bond acceptors (Lipinski definition) is 0. The Labute approximate surface area is 252 Å². The minimum Gasteiger partial charge on any atom is -1.00 e. The maximum atomic E-state index is 4.21. The first-order valence-electron chi connectivity index (χ1n) is 14.0. The van der Waals surface area contributed by atoms with Crippen LogP contribution in [-0.2, 0) is 27.7 Å². The normalized spacial score (nSPS) is 13.2. The van der Waals surface area contributed by atoms with Crippen LogP contribution in [0.5, 0.6) is 0 Å². The van der Waals surface area contributed by atoms with Crippen molar-refractivity contribution in [2.24, 2.45) is 5.41 Å². The SMILES string of the molecule is C=Cc1ccc2c(c1)-c1cc(C=C)c[c]([Zr+2]([C]3=CC(C(C)(C)C)=CC3)=[C](CCCC)CCCC)c1C2.[Cl-].[Cl-]. The average molecular weight is 627 g/mol. The first-order valence-corrected chi connectivity index (χ1v) is 17.7. The predicted octanol–water partition coefficient (Wildman–Crippen LogP) is 3.61. The molecule has 0 aromatic heterocycles. The summed E-state index contributed by atoms with van der Waals surface area (Å²) in [7, 11) is 0. The molecule has 3 heteroatoms. The van der Waals surface area contributed by atoms with Crippen LogP contribution in [0.3, 0.4) is 0 Å². The van der Waals surface area contributed by atoms with Gasteiger partial charge in [-0.25, -0.2) is 0 Å². The molecule has 202 valence electrons. The van der Waals surface area contributed by atoms with Gasteiger partial charge in [-0.15, -0.1) is 0 Å². The average Bonchev–Trinajstić information content (AvgIpc) is 3.50. The molecule has 0 spiro atoms. The summed E-state index contributed by atoms with van der Waals surface area (Å²) in [5, 5.41) is 0. The summed E-state index contributed by atoms with van der Waals surface area (Å²) in [4.78, 5) is 0. The first-order chi connectivity index (χ1) is 17.3. The third-order valence-corrected chi connectivity index (χ3v) is 15.7. The number of allylic oxidation sites excluding steroid dienone is 4. The van der Waals surface area contributed by atoms with Gasteiger partial charge in [0.05, 0.1) is 0 Å². The largest absolute Gasteiger partial charge is 1.00 e. The monoisotopic (exact) mass is 624 g/mol. The van der Waals surface area contributed by atoms with Gasteiger partial charge in [0.1, 0.15) is 0 Å². The quantitative estimate of drug-likeness (QED) is 0.323. The van der Waals surface area contributed by atoms with E-state index < -0.39 is 21.3 Å². The Kier molecular flexibility index (Phi) is 12.5. The van der Waals surface area contributed by atoms with Crippen LogP contribution in [0.15, 0.2) is 64.5 Å². The number of fused-ring (bicyclic) bond motifs is 3. The predicted molar refractivity (Wildman–Crippen MR) is 159 cm³/mol. The second-order valence-electron chi connectivity index (χ2n) is 11.6. The zero-order valence-corrected chi connectivity index (χ0v) is 28.0. The van der Waals surface area contributed by atoms with E-state index in [1.165, 1.54) is 71.9 Å². The maximum absolute atomic E-state index is 4.21. The third-order valence-electron chi connectivity index (χ3n) is 7.88. The molecule has 0 aliphatic heterocycles. The zero-order valence-electron chi connectivity index (χ0n) is 24.0. The molecule has 0 saturated heterocycles. The summed E-state index contributed by atoms with van der Waals surface area (Å²) in [6, 6.07) is 11.9. The van der Waals surface area contributed by atoms with Gasteiger partial charge >= 0.3 is 229 Å². The van der Waals surface area contributed by atoms with Crippen molar-refractivity contribution in [1.82, 2.24) is 0 Å². The van der Waals surface area contributed by atoms with E-state index in [1.54, 1.807) is 12.1 Å². The van der Waals surface area contributed by atoms with E-state index in [-0.39, 0.29) is 30.2 Å². The minimum atomic E-state index is -2.30. The molecule has 2 aliphatic rings. The van der Waals surface area contributed by atoms with Crippen LogP contribution in [0.4, 0.5) is 0 Å². The Morgan fingerprint density at radius 1 is 0.895 bits per heavy atom. The molecule has 0 atom stereocenters. The van der Waals surface area contributed by atoms with Gasteiger partial charge in [0, 0.05) is 0 Å². The standard InChI is InChI=1S/C17H13.C9H13.C9H18.2ClH.Zr/c1-3-12-5-7-14-11-15-8-6-13(4-2)10-17(15)16(14)9-12;1-9(2,3)8-6-4-5-7-8;1-3-5-7-9-8-6-4-2;;;/h3-7,9-10H,1-2,11H2;6-7H,4H2,1-3H3;3-8H2,1-2H3;2*1H;/q;;;;;+2/p-2. The topological polar surface area (TPSA) is 0 Å². The van der Waals surface area contributed by atoms with Crippen LogP contribution in [0.1, 0.15) is 102 Å². The van der Waals surface area contributed by atoms with Crippen molar-refractivity contribution in [1.29, 1.82) is 0 Å². The molecule has 4 rings (SSSR count). The van der Waals surface area contributed by atoms with Crippen LogP contribution in [0.25, 0.3) is 23.3 Å². The van der Waals surface area contributed by atoms with Crippen molar-refractivity contribution < 1.29 is 46.1 Å². The number of unbranched alkanes of at least 4 members (excludes halogenated alkanes) is 2. The first kappa shape index (κ1) is 32.9. The molecule has 2 aromatic rings. The molecule has 0 saturated carbocycles. The van der Waals surface area contributed by atoms with E-state index in [4.69, 9.17) is 0 Å². The van der Waals surface area contributed by atoms with E-state index in [1.807, 2.05) is 9.28 Å². The molecule has 0 fully saturated rings. The molecule has 38 heavy (non-hydrogen) atoms. The molecule has 2 aliphatic carbocycles. The van der Waals surface area contributed by atoms with Crippen molar-refractivity contribution >= 4 is 18.6 Å². The zero-order chi connectivity index (χ0) is 25.9. The number of halogens is 2. The van der Waals surface area contributed by atoms with E-state index in [0.717, 1.165) is 12.8 Å². The number of benzene rings is 2. The van der Waals surface area contributed by atoms with E-state index in [0.29, 0.717) is 0 Å². The Balaban J connectivity index is 0.00000253. The third kappa shape index (κ3) is 7.08. The van der Waals surface area contributed by atoms with Gasteiger partial charge in [0.2, 0.25) is 0 Å². The van der Waals surface area contributed by atoms with Gasteiger partial charge in [-0.3, -0.25) is 0 Å². The van der Waals surface area contributed by atoms with Gasteiger partial charge in [-0.2, -0.15) is 0 Å². The molecule has 0 unspecified atom stereocenters. The molecular weight excluding hydrogens is 583 g/mol. The van der Waals surface area contributed by atoms with Crippen molar-refractivity contribution in [3.05, 3.63) is 86.7 Å².